The number of anilines is 1. The van der Waals surface area contributed by atoms with Crippen molar-refractivity contribution in [2.45, 2.75) is 17.7 Å². The van der Waals surface area contributed by atoms with E-state index in [-0.39, 0.29) is 6.03 Å². The molecule has 0 spiro atoms. The number of nitrogens with zero attached hydrogens (tertiary/aromatic N) is 2. The van der Waals surface area contributed by atoms with E-state index >= 15 is 0 Å². The van der Waals surface area contributed by atoms with E-state index in [1.165, 1.54) is 4.90 Å². The summed E-state index contributed by atoms with van der Waals surface area (Å²) < 4.78 is 10.7. The van der Waals surface area contributed by atoms with E-state index in [1.807, 2.05) is 34.9 Å². The summed E-state index contributed by atoms with van der Waals surface area (Å²) in [4.78, 5) is 18.2. The molecule has 30 heavy (non-hydrogen) atoms. The molecule has 0 radical (unpaired) electrons. The first-order valence-corrected chi connectivity index (χ1v) is 11.3. The molecule has 0 fully saturated rings. The van der Waals surface area contributed by atoms with Gasteiger partial charge in [-0.1, -0.05) is 18.2 Å². The van der Waals surface area contributed by atoms with Crippen LogP contribution >= 0.6 is 11.8 Å². The van der Waals surface area contributed by atoms with Gasteiger partial charge in [0.2, 0.25) is 0 Å². The highest BCUT2D eigenvalue weighted by Gasteiger charge is 2.22. The highest BCUT2D eigenvalue weighted by molar-refractivity contribution is 7.99. The summed E-state index contributed by atoms with van der Waals surface area (Å²) in [6.45, 7) is 3.43. The molecule has 2 aromatic rings. The third kappa shape index (κ3) is 6.06. The zero-order valence-electron chi connectivity index (χ0n) is 18.0. The highest BCUT2D eigenvalue weighted by Crippen LogP contribution is 2.34. The smallest absolute Gasteiger partial charge is 0.321 e. The molecule has 0 aliphatic carbocycles. The van der Waals surface area contributed by atoms with Crippen LogP contribution in [0.2, 0.25) is 0 Å². The van der Waals surface area contributed by atoms with Gasteiger partial charge in [-0.25, -0.2) is 4.79 Å². The number of urea groups is 1. The average molecular weight is 430 g/mol. The summed E-state index contributed by atoms with van der Waals surface area (Å²) >= 11 is 1.88. The van der Waals surface area contributed by atoms with Crippen LogP contribution in [0.5, 0.6) is 11.5 Å². The number of fused-ring (bicyclic) bond motifs is 1. The molecular formula is C23H31N3O3S. The first-order valence-electron chi connectivity index (χ1n) is 10.3. The fourth-order valence-corrected chi connectivity index (χ4v) is 4.48. The second-order valence-electron chi connectivity index (χ2n) is 7.35. The van der Waals surface area contributed by atoms with E-state index in [9.17, 15) is 4.79 Å². The van der Waals surface area contributed by atoms with Crippen LogP contribution in [0.3, 0.4) is 0 Å². The number of amides is 2. The minimum atomic E-state index is -0.0525. The molecule has 0 unspecified atom stereocenters. The minimum absolute atomic E-state index is 0.0525. The van der Waals surface area contributed by atoms with Crippen molar-refractivity contribution < 1.29 is 14.3 Å². The summed E-state index contributed by atoms with van der Waals surface area (Å²) in [6, 6.07) is 14.2. The quantitative estimate of drug-likeness (QED) is 0.574. The average Bonchev–Trinajstić information content (AvgIpc) is 2.91. The Bertz CT molecular complexity index is 832. The molecule has 2 amide bonds. The Hall–Kier alpha value is -2.38. The van der Waals surface area contributed by atoms with Crippen LogP contribution in [0.15, 0.2) is 47.4 Å². The van der Waals surface area contributed by atoms with Crippen LogP contribution in [-0.2, 0) is 6.42 Å². The molecule has 1 N–H and O–H groups in total. The number of carbonyl (C=O) groups is 1. The summed E-state index contributed by atoms with van der Waals surface area (Å²) in [6.07, 6.45) is 1.74. The lowest BCUT2D eigenvalue weighted by Gasteiger charge is -2.22. The number of ether oxygens (including phenoxy) is 2. The summed E-state index contributed by atoms with van der Waals surface area (Å²) in [5.41, 5.74) is 1.87. The van der Waals surface area contributed by atoms with Gasteiger partial charge in [0.05, 0.1) is 14.2 Å². The molecule has 6 nitrogen and oxygen atoms in total. The Morgan fingerprint density at radius 3 is 2.57 bits per heavy atom. The fourth-order valence-electron chi connectivity index (χ4n) is 3.49. The molecule has 0 aromatic heterocycles. The van der Waals surface area contributed by atoms with Crippen LogP contribution in [0.1, 0.15) is 12.0 Å². The molecule has 1 aliphatic rings. The van der Waals surface area contributed by atoms with Crippen molar-refractivity contribution in [3.63, 3.8) is 0 Å². The van der Waals surface area contributed by atoms with E-state index in [0.717, 1.165) is 49.5 Å². The van der Waals surface area contributed by atoms with Crippen molar-refractivity contribution in [2.75, 3.05) is 58.5 Å². The second-order valence-corrected chi connectivity index (χ2v) is 8.52. The third-order valence-corrected chi connectivity index (χ3v) is 6.23. The predicted octanol–water partition coefficient (Wildman–Crippen LogP) is 4.21. The second kappa shape index (κ2) is 11.1. The lowest BCUT2D eigenvalue weighted by Crippen LogP contribution is -2.36. The zero-order valence-corrected chi connectivity index (χ0v) is 18.8. The van der Waals surface area contributed by atoms with Crippen molar-refractivity contribution in [1.82, 2.24) is 9.80 Å². The van der Waals surface area contributed by atoms with E-state index in [2.05, 4.69) is 41.5 Å². The number of methoxy groups -OCH3 is 2. The number of carbonyl (C=O) groups excluding carboxylic acids is 1. The standard InChI is InChI=1S/C23H31N3O3S/c1-25(14-15-30-19-8-5-4-6-9-19)11-7-12-26-13-10-18-16-21(28-2)22(29-3)17-20(18)24-23(26)27/h4-6,8-9,16-17H,7,10-15H2,1-3H3,(H,24,27). The molecule has 1 aliphatic heterocycles. The molecule has 0 bridgehead atoms. The maximum Gasteiger partial charge on any atom is 0.321 e. The van der Waals surface area contributed by atoms with Crippen molar-refractivity contribution in [3.8, 4) is 11.5 Å². The number of nitrogens with one attached hydrogen (secondary N) is 1. The van der Waals surface area contributed by atoms with Crippen LogP contribution in [0, 0.1) is 0 Å². The lowest BCUT2D eigenvalue weighted by atomic mass is 10.1. The third-order valence-electron chi connectivity index (χ3n) is 5.24. The number of hydrogen-bond donors (Lipinski definition) is 1. The van der Waals surface area contributed by atoms with Gasteiger partial charge in [-0.3, -0.25) is 0 Å². The Balaban J connectivity index is 1.44. The van der Waals surface area contributed by atoms with E-state index in [4.69, 9.17) is 9.47 Å². The van der Waals surface area contributed by atoms with E-state index in [0.29, 0.717) is 18.0 Å². The van der Waals surface area contributed by atoms with Crippen molar-refractivity contribution >= 4 is 23.5 Å². The number of benzene rings is 2. The van der Waals surface area contributed by atoms with Gasteiger partial charge in [0.15, 0.2) is 11.5 Å². The first kappa shape index (κ1) is 22.3. The SMILES string of the molecule is COc1cc2c(cc1OC)NC(=O)N(CCCN(C)CCSc1ccccc1)CC2. The fraction of sp³-hybridized carbons (Fsp3) is 0.435. The summed E-state index contributed by atoms with van der Waals surface area (Å²) in [7, 11) is 5.37. The molecule has 0 saturated carbocycles. The van der Waals surface area contributed by atoms with Crippen LogP contribution in [0.4, 0.5) is 10.5 Å². The number of thioether (sulfide) groups is 1. The van der Waals surface area contributed by atoms with Crippen molar-refractivity contribution in [3.05, 3.63) is 48.0 Å². The molecule has 2 aromatic carbocycles. The minimum Gasteiger partial charge on any atom is -0.493 e. The Kier molecular flexibility index (Phi) is 8.28. The van der Waals surface area contributed by atoms with Gasteiger partial charge >= 0.3 is 6.03 Å². The maximum atomic E-state index is 12.7. The highest BCUT2D eigenvalue weighted by atomic mass is 32.2. The van der Waals surface area contributed by atoms with Gasteiger partial charge in [0.1, 0.15) is 0 Å². The largest absolute Gasteiger partial charge is 0.493 e. The van der Waals surface area contributed by atoms with Gasteiger partial charge in [0, 0.05) is 42.0 Å². The Labute approximate surface area is 183 Å². The first-order chi connectivity index (χ1) is 14.6. The Morgan fingerprint density at radius 1 is 1.10 bits per heavy atom. The van der Waals surface area contributed by atoms with Crippen molar-refractivity contribution in [2.24, 2.45) is 0 Å². The van der Waals surface area contributed by atoms with Gasteiger partial charge < -0.3 is 24.6 Å². The molecule has 0 atom stereocenters. The Morgan fingerprint density at radius 2 is 1.83 bits per heavy atom. The lowest BCUT2D eigenvalue weighted by molar-refractivity contribution is 0.209. The number of rotatable bonds is 10. The molecular weight excluding hydrogens is 398 g/mol. The number of hydrogen-bond acceptors (Lipinski definition) is 5. The van der Waals surface area contributed by atoms with Crippen molar-refractivity contribution in [1.29, 1.82) is 0 Å². The molecule has 7 heteroatoms. The maximum absolute atomic E-state index is 12.7. The van der Waals surface area contributed by atoms with Gasteiger partial charge in [0.25, 0.3) is 0 Å². The topological polar surface area (TPSA) is 54.0 Å². The molecule has 0 saturated heterocycles. The molecule has 162 valence electrons. The van der Waals surface area contributed by atoms with E-state index in [1.54, 1.807) is 14.2 Å². The zero-order chi connectivity index (χ0) is 21.3. The summed E-state index contributed by atoms with van der Waals surface area (Å²) in [5.74, 6) is 2.37. The van der Waals surface area contributed by atoms with E-state index < -0.39 is 0 Å². The molecule has 3 rings (SSSR count). The summed E-state index contributed by atoms with van der Waals surface area (Å²) in [5, 5.41) is 3.02. The molecule has 1 heterocycles. The van der Waals surface area contributed by atoms with Gasteiger partial charge in [-0.2, -0.15) is 0 Å². The van der Waals surface area contributed by atoms with Crippen LogP contribution in [-0.4, -0.2) is 69.0 Å². The van der Waals surface area contributed by atoms with Gasteiger partial charge in [-0.15, -0.1) is 11.8 Å². The monoisotopic (exact) mass is 429 g/mol. The normalized spacial score (nSPS) is 13.6. The van der Waals surface area contributed by atoms with Gasteiger partial charge in [-0.05, 0) is 50.2 Å². The van der Waals surface area contributed by atoms with Crippen LogP contribution in [0.25, 0.3) is 0 Å². The van der Waals surface area contributed by atoms with Crippen LogP contribution < -0.4 is 14.8 Å². The predicted molar refractivity (Wildman–Crippen MR) is 123 cm³/mol.